The summed E-state index contributed by atoms with van der Waals surface area (Å²) in [5.74, 6) is 0.876. The van der Waals surface area contributed by atoms with Crippen LogP contribution in [-0.4, -0.2) is 22.8 Å². The molecule has 1 amide bonds. The Bertz CT molecular complexity index is 938. The molecule has 134 valence electrons. The first-order chi connectivity index (χ1) is 12.7. The molecule has 4 rings (SSSR count). The molecule has 3 aromatic rings. The molecule has 0 unspecified atom stereocenters. The summed E-state index contributed by atoms with van der Waals surface area (Å²) in [6, 6.07) is 13.5. The van der Waals surface area contributed by atoms with Gasteiger partial charge in [-0.15, -0.1) is 0 Å². The second-order valence-electron chi connectivity index (χ2n) is 6.93. The number of nitrogens with two attached hydrogens (primary N) is 1. The number of carbonyl (C=O) groups is 1. The van der Waals surface area contributed by atoms with E-state index in [0.717, 1.165) is 22.3 Å². The summed E-state index contributed by atoms with van der Waals surface area (Å²) in [4.78, 5) is 11.6. The first kappa shape index (κ1) is 16.6. The lowest BCUT2D eigenvalue weighted by Crippen LogP contribution is -2.11. The van der Waals surface area contributed by atoms with Gasteiger partial charge in [0.1, 0.15) is 5.75 Å². The smallest absolute Gasteiger partial charge is 0.248 e. The van der Waals surface area contributed by atoms with Crippen LogP contribution in [0.2, 0.25) is 0 Å². The highest BCUT2D eigenvalue weighted by Gasteiger charge is 2.24. The van der Waals surface area contributed by atoms with Gasteiger partial charge in [0.25, 0.3) is 0 Å². The Morgan fingerprint density at radius 1 is 1.12 bits per heavy atom. The molecule has 5 nitrogen and oxygen atoms in total. The molecule has 2 N–H and O–H groups in total. The van der Waals surface area contributed by atoms with Gasteiger partial charge in [-0.1, -0.05) is 25.3 Å². The average Bonchev–Trinajstić information content (AvgIpc) is 3.07. The molecule has 1 fully saturated rings. The van der Waals surface area contributed by atoms with Crippen LogP contribution in [0.3, 0.4) is 0 Å². The molecule has 0 spiro atoms. The van der Waals surface area contributed by atoms with Crippen molar-refractivity contribution in [2.45, 2.75) is 38.0 Å². The lowest BCUT2D eigenvalue weighted by atomic mass is 9.85. The molecule has 5 heteroatoms. The SMILES string of the molecule is COc1ccc(-n2nc3cc(C(N)=O)ccc3c2C2CCCCC2)cc1. The van der Waals surface area contributed by atoms with E-state index in [9.17, 15) is 4.79 Å². The fraction of sp³-hybridized carbons (Fsp3) is 0.333. The molecule has 0 radical (unpaired) electrons. The lowest BCUT2D eigenvalue weighted by molar-refractivity contribution is 0.100. The van der Waals surface area contributed by atoms with E-state index >= 15 is 0 Å². The summed E-state index contributed by atoms with van der Waals surface area (Å²) >= 11 is 0. The Balaban J connectivity index is 1.89. The lowest BCUT2D eigenvalue weighted by Gasteiger charge is -2.23. The number of rotatable bonds is 4. The molecule has 0 bridgehead atoms. The van der Waals surface area contributed by atoms with Crippen molar-refractivity contribution in [3.63, 3.8) is 0 Å². The molecule has 26 heavy (non-hydrogen) atoms. The van der Waals surface area contributed by atoms with Crippen molar-refractivity contribution >= 4 is 16.8 Å². The zero-order valence-corrected chi connectivity index (χ0v) is 14.9. The molecular weight excluding hydrogens is 326 g/mol. The third kappa shape index (κ3) is 2.94. The van der Waals surface area contributed by atoms with Crippen LogP contribution in [0.4, 0.5) is 0 Å². The predicted octanol–water partition coefficient (Wildman–Crippen LogP) is 4.18. The van der Waals surface area contributed by atoms with Crippen LogP contribution in [0.25, 0.3) is 16.6 Å². The first-order valence-electron chi connectivity index (χ1n) is 9.14. The van der Waals surface area contributed by atoms with Gasteiger partial charge >= 0.3 is 0 Å². The van der Waals surface area contributed by atoms with Gasteiger partial charge < -0.3 is 10.5 Å². The van der Waals surface area contributed by atoms with Crippen LogP contribution in [0.15, 0.2) is 42.5 Å². The Morgan fingerprint density at radius 3 is 2.50 bits per heavy atom. The molecule has 1 aromatic heterocycles. The number of primary amides is 1. The Labute approximate surface area is 152 Å². The topological polar surface area (TPSA) is 70.1 Å². The molecule has 1 saturated carbocycles. The summed E-state index contributed by atoms with van der Waals surface area (Å²) in [7, 11) is 1.66. The Kier molecular flexibility index (Phi) is 4.37. The zero-order chi connectivity index (χ0) is 18.1. The number of ether oxygens (including phenoxy) is 1. The third-order valence-electron chi connectivity index (χ3n) is 5.30. The first-order valence-corrected chi connectivity index (χ1v) is 9.14. The summed E-state index contributed by atoms with van der Waals surface area (Å²) in [6.45, 7) is 0. The second kappa shape index (κ2) is 6.83. The maximum absolute atomic E-state index is 11.6. The number of carbonyl (C=O) groups excluding carboxylic acids is 1. The molecular formula is C21H23N3O2. The summed E-state index contributed by atoms with van der Waals surface area (Å²) in [5.41, 5.74) is 9.00. The summed E-state index contributed by atoms with van der Waals surface area (Å²) < 4.78 is 7.30. The van der Waals surface area contributed by atoms with E-state index in [-0.39, 0.29) is 0 Å². The molecule has 1 aliphatic rings. The van der Waals surface area contributed by atoms with E-state index < -0.39 is 5.91 Å². The highest BCUT2D eigenvalue weighted by Crippen LogP contribution is 2.38. The van der Waals surface area contributed by atoms with Crippen LogP contribution in [0.1, 0.15) is 54.1 Å². The summed E-state index contributed by atoms with van der Waals surface area (Å²) in [5, 5.41) is 5.93. The van der Waals surface area contributed by atoms with E-state index in [1.165, 1.54) is 37.8 Å². The third-order valence-corrected chi connectivity index (χ3v) is 5.30. The molecule has 0 saturated heterocycles. The largest absolute Gasteiger partial charge is 0.497 e. The van der Waals surface area contributed by atoms with Crippen molar-refractivity contribution in [3.05, 3.63) is 53.7 Å². The van der Waals surface area contributed by atoms with Crippen LogP contribution in [-0.2, 0) is 0 Å². The zero-order valence-electron chi connectivity index (χ0n) is 14.9. The van der Waals surface area contributed by atoms with Crippen molar-refractivity contribution in [2.24, 2.45) is 5.73 Å². The molecule has 0 atom stereocenters. The van der Waals surface area contributed by atoms with Crippen molar-refractivity contribution in [3.8, 4) is 11.4 Å². The van der Waals surface area contributed by atoms with Crippen LogP contribution >= 0.6 is 0 Å². The van der Waals surface area contributed by atoms with E-state index in [1.807, 2.05) is 35.0 Å². The molecule has 2 aromatic carbocycles. The van der Waals surface area contributed by atoms with Gasteiger partial charge in [-0.3, -0.25) is 4.79 Å². The van der Waals surface area contributed by atoms with Crippen LogP contribution in [0, 0.1) is 0 Å². The van der Waals surface area contributed by atoms with E-state index in [2.05, 4.69) is 0 Å². The molecule has 1 aliphatic carbocycles. The van der Waals surface area contributed by atoms with Gasteiger partial charge in [-0.05, 0) is 49.2 Å². The minimum atomic E-state index is -0.426. The Morgan fingerprint density at radius 2 is 1.85 bits per heavy atom. The highest BCUT2D eigenvalue weighted by molar-refractivity contribution is 5.97. The molecule has 1 heterocycles. The van der Waals surface area contributed by atoms with Gasteiger partial charge in [-0.25, -0.2) is 4.68 Å². The summed E-state index contributed by atoms with van der Waals surface area (Å²) in [6.07, 6.45) is 6.15. The fourth-order valence-corrected chi connectivity index (χ4v) is 3.95. The number of aromatic nitrogens is 2. The van der Waals surface area contributed by atoms with Gasteiger partial charge in [0.15, 0.2) is 0 Å². The minimum absolute atomic E-state index is 0.426. The van der Waals surface area contributed by atoms with Gasteiger partial charge in [0.05, 0.1) is 24.0 Å². The number of fused-ring (bicyclic) bond motifs is 1. The monoisotopic (exact) mass is 349 g/mol. The van der Waals surface area contributed by atoms with Crippen molar-refractivity contribution in [2.75, 3.05) is 7.11 Å². The Hall–Kier alpha value is -2.82. The van der Waals surface area contributed by atoms with Gasteiger partial charge in [0, 0.05) is 16.9 Å². The number of nitrogens with zero attached hydrogens (tertiary/aromatic N) is 2. The molecule has 0 aliphatic heterocycles. The van der Waals surface area contributed by atoms with Crippen molar-refractivity contribution in [1.29, 1.82) is 0 Å². The second-order valence-corrected chi connectivity index (χ2v) is 6.93. The average molecular weight is 349 g/mol. The fourth-order valence-electron chi connectivity index (χ4n) is 3.95. The van der Waals surface area contributed by atoms with Crippen LogP contribution < -0.4 is 10.5 Å². The van der Waals surface area contributed by atoms with Crippen LogP contribution in [0.5, 0.6) is 5.75 Å². The standard InChI is InChI=1S/C21H23N3O2/c1-26-17-10-8-16(9-11-17)24-20(14-5-3-2-4-6-14)18-12-7-15(21(22)25)13-19(18)23-24/h7-14H,2-6H2,1H3,(H2,22,25). The predicted molar refractivity (Wildman–Crippen MR) is 102 cm³/mol. The number of benzene rings is 2. The quantitative estimate of drug-likeness (QED) is 0.768. The highest BCUT2D eigenvalue weighted by atomic mass is 16.5. The van der Waals surface area contributed by atoms with E-state index in [1.54, 1.807) is 19.2 Å². The minimum Gasteiger partial charge on any atom is -0.497 e. The van der Waals surface area contributed by atoms with Crippen molar-refractivity contribution < 1.29 is 9.53 Å². The normalized spacial score (nSPS) is 15.3. The maximum atomic E-state index is 11.6. The number of amides is 1. The van der Waals surface area contributed by atoms with Gasteiger partial charge in [-0.2, -0.15) is 5.10 Å². The number of hydrogen-bond acceptors (Lipinski definition) is 3. The number of methoxy groups -OCH3 is 1. The van der Waals surface area contributed by atoms with E-state index in [0.29, 0.717) is 11.5 Å². The van der Waals surface area contributed by atoms with E-state index in [4.69, 9.17) is 15.6 Å². The van der Waals surface area contributed by atoms with Crippen molar-refractivity contribution in [1.82, 2.24) is 9.78 Å². The van der Waals surface area contributed by atoms with Gasteiger partial charge in [0.2, 0.25) is 5.91 Å². The number of hydrogen-bond donors (Lipinski definition) is 1. The maximum Gasteiger partial charge on any atom is 0.248 e.